The van der Waals surface area contributed by atoms with E-state index in [2.05, 4.69) is 18.6 Å². The lowest BCUT2D eigenvalue weighted by Crippen LogP contribution is -2.07. The highest BCUT2D eigenvalue weighted by molar-refractivity contribution is 4.51. The van der Waals surface area contributed by atoms with E-state index in [1.165, 1.54) is 7.11 Å². The maximum Gasteiger partial charge on any atom is 0.196 e. The van der Waals surface area contributed by atoms with Crippen LogP contribution >= 0.6 is 0 Å². The monoisotopic (exact) mass is 166 g/mol. The average molecular weight is 166 g/mol. The largest absolute Gasteiger partial charge is 0.391 e. The Morgan fingerprint density at radius 1 is 1.55 bits per heavy atom. The van der Waals surface area contributed by atoms with E-state index in [0.29, 0.717) is 6.61 Å². The van der Waals surface area contributed by atoms with Crippen molar-refractivity contribution in [2.75, 3.05) is 13.7 Å². The minimum Gasteiger partial charge on any atom is -0.391 e. The molecule has 0 rings (SSSR count). The highest BCUT2D eigenvalue weighted by atomic mass is 19.1. The molecule has 68 valence electrons. The number of hydrogen-bond donors (Lipinski definition) is 2. The number of alkyl halides is 1. The molecule has 0 aromatic heterocycles. The molecular formula is C7H15FO3. The molecule has 0 aromatic rings. The van der Waals surface area contributed by atoms with E-state index in [1.807, 2.05) is 0 Å². The lowest BCUT2D eigenvalue weighted by molar-refractivity contribution is 0.0448. The van der Waals surface area contributed by atoms with Gasteiger partial charge in [0, 0.05) is 13.5 Å². The number of ether oxygens (including phenoxy) is 1. The first-order valence-corrected chi connectivity index (χ1v) is 3.16. The standard InChI is InChI=1S/C4H9O2.C3H6FO/c1-4(5)3-6-2;1-2-3(4)5/h4-5H,1,3H2,2H3;3,5H,1-2H2. The van der Waals surface area contributed by atoms with E-state index in [9.17, 15) is 4.39 Å². The topological polar surface area (TPSA) is 49.7 Å². The molecule has 4 heteroatoms. The molecule has 2 unspecified atom stereocenters. The molecule has 2 atom stereocenters. The molecule has 11 heavy (non-hydrogen) atoms. The van der Waals surface area contributed by atoms with Gasteiger partial charge < -0.3 is 14.9 Å². The zero-order chi connectivity index (χ0) is 9.28. The fourth-order valence-corrected chi connectivity index (χ4v) is 0.192. The highest BCUT2D eigenvalue weighted by Gasteiger charge is 1.88. The Morgan fingerprint density at radius 2 is 1.91 bits per heavy atom. The van der Waals surface area contributed by atoms with E-state index < -0.39 is 12.5 Å². The molecule has 0 aliphatic heterocycles. The van der Waals surface area contributed by atoms with E-state index >= 15 is 0 Å². The van der Waals surface area contributed by atoms with Crippen molar-refractivity contribution in [2.45, 2.75) is 18.9 Å². The van der Waals surface area contributed by atoms with Crippen LogP contribution in [0.4, 0.5) is 4.39 Å². The van der Waals surface area contributed by atoms with Gasteiger partial charge in [-0.2, -0.15) is 0 Å². The Bertz CT molecular complexity index is 66.7. The average Bonchev–Trinajstić information content (AvgIpc) is 1.89. The molecule has 2 N–H and O–H groups in total. The van der Waals surface area contributed by atoms with Gasteiger partial charge in [0.05, 0.1) is 12.7 Å². The zero-order valence-electron chi connectivity index (χ0n) is 6.66. The van der Waals surface area contributed by atoms with Crippen LogP contribution < -0.4 is 0 Å². The van der Waals surface area contributed by atoms with Gasteiger partial charge in [-0.25, -0.2) is 4.39 Å². The third kappa shape index (κ3) is 25.9. The van der Waals surface area contributed by atoms with Crippen LogP contribution in [-0.4, -0.2) is 36.4 Å². The molecule has 0 bridgehead atoms. The Kier molecular flexibility index (Phi) is 12.0. The summed E-state index contributed by atoms with van der Waals surface area (Å²) in [4.78, 5) is 0. The third-order valence-corrected chi connectivity index (χ3v) is 0.597. The molecule has 2 radical (unpaired) electrons. The number of aliphatic hydroxyl groups is 2. The molecule has 3 nitrogen and oxygen atoms in total. The molecule has 0 amide bonds. The molecule has 0 saturated carbocycles. The van der Waals surface area contributed by atoms with Crippen LogP contribution in [0.5, 0.6) is 0 Å². The van der Waals surface area contributed by atoms with Crippen molar-refractivity contribution in [2.24, 2.45) is 0 Å². The molecule has 0 aliphatic rings. The van der Waals surface area contributed by atoms with Crippen LogP contribution in [0.1, 0.15) is 6.42 Å². The van der Waals surface area contributed by atoms with E-state index in [-0.39, 0.29) is 6.42 Å². The van der Waals surface area contributed by atoms with Gasteiger partial charge in [0.2, 0.25) is 0 Å². The van der Waals surface area contributed by atoms with Crippen molar-refractivity contribution in [3.05, 3.63) is 13.8 Å². The second-order valence-electron chi connectivity index (χ2n) is 1.83. The number of halogens is 1. The summed E-state index contributed by atoms with van der Waals surface area (Å²) in [5, 5.41) is 15.9. The maximum atomic E-state index is 10.9. The normalized spacial score (nSPS) is 14.7. The van der Waals surface area contributed by atoms with E-state index in [1.54, 1.807) is 0 Å². The molecule has 0 aliphatic carbocycles. The van der Waals surface area contributed by atoms with Crippen LogP contribution in [0.25, 0.3) is 0 Å². The zero-order valence-corrected chi connectivity index (χ0v) is 6.66. The number of hydrogen-bond acceptors (Lipinski definition) is 3. The van der Waals surface area contributed by atoms with Crippen LogP contribution in [0.3, 0.4) is 0 Å². The Hall–Kier alpha value is -0.190. The maximum absolute atomic E-state index is 10.9. The van der Waals surface area contributed by atoms with Gasteiger partial charge in [0.15, 0.2) is 6.36 Å². The number of aliphatic hydroxyl groups excluding tert-OH is 2. The fourth-order valence-electron chi connectivity index (χ4n) is 0.192. The van der Waals surface area contributed by atoms with Gasteiger partial charge in [-0.15, -0.1) is 0 Å². The highest BCUT2D eigenvalue weighted by Crippen LogP contribution is 1.85. The number of rotatable bonds is 3. The molecule has 0 heterocycles. The van der Waals surface area contributed by atoms with Gasteiger partial charge in [0.1, 0.15) is 0 Å². The summed E-state index contributed by atoms with van der Waals surface area (Å²) in [6.45, 7) is 6.64. The van der Waals surface area contributed by atoms with Gasteiger partial charge in [-0.1, -0.05) is 0 Å². The van der Waals surface area contributed by atoms with Crippen LogP contribution in [0.15, 0.2) is 0 Å². The van der Waals surface area contributed by atoms with Gasteiger partial charge >= 0.3 is 0 Å². The van der Waals surface area contributed by atoms with Crippen LogP contribution in [0, 0.1) is 13.8 Å². The summed E-state index contributed by atoms with van der Waals surface area (Å²) in [6, 6.07) is 0. The summed E-state index contributed by atoms with van der Waals surface area (Å²) in [5.41, 5.74) is 0. The molecule has 0 aromatic carbocycles. The van der Waals surface area contributed by atoms with Gasteiger partial charge in [-0.05, 0) is 13.8 Å². The fraction of sp³-hybridized carbons (Fsp3) is 0.714. The van der Waals surface area contributed by atoms with E-state index in [0.717, 1.165) is 0 Å². The lowest BCUT2D eigenvalue weighted by Gasteiger charge is -1.97. The second kappa shape index (κ2) is 9.81. The first kappa shape index (κ1) is 13.4. The van der Waals surface area contributed by atoms with Crippen LogP contribution in [0.2, 0.25) is 0 Å². The van der Waals surface area contributed by atoms with Crippen molar-refractivity contribution in [1.29, 1.82) is 0 Å². The molecule has 0 saturated heterocycles. The Labute approximate surface area is 66.8 Å². The quantitative estimate of drug-likeness (QED) is 0.635. The van der Waals surface area contributed by atoms with Crippen molar-refractivity contribution >= 4 is 0 Å². The summed E-state index contributed by atoms with van der Waals surface area (Å²) < 4.78 is 15.4. The van der Waals surface area contributed by atoms with Gasteiger partial charge in [0.25, 0.3) is 0 Å². The van der Waals surface area contributed by atoms with E-state index in [4.69, 9.17) is 10.2 Å². The minimum atomic E-state index is -1.73. The van der Waals surface area contributed by atoms with Crippen molar-refractivity contribution in [3.63, 3.8) is 0 Å². The third-order valence-electron chi connectivity index (χ3n) is 0.597. The summed E-state index contributed by atoms with van der Waals surface area (Å²) in [5.74, 6) is 0. The Morgan fingerprint density at radius 3 is 1.91 bits per heavy atom. The lowest BCUT2D eigenvalue weighted by atomic mass is 10.5. The second-order valence-corrected chi connectivity index (χ2v) is 1.83. The summed E-state index contributed by atoms with van der Waals surface area (Å²) in [6.07, 6.45) is -2.36. The predicted molar refractivity (Wildman–Crippen MR) is 40.3 cm³/mol. The SMILES string of the molecule is [CH2]C(O)COC.[CH2]CC(O)F. The molecule has 0 fully saturated rings. The van der Waals surface area contributed by atoms with Crippen molar-refractivity contribution in [1.82, 2.24) is 0 Å². The molecular weight excluding hydrogens is 151 g/mol. The number of methoxy groups -OCH3 is 1. The smallest absolute Gasteiger partial charge is 0.196 e. The van der Waals surface area contributed by atoms with Crippen molar-refractivity contribution in [3.8, 4) is 0 Å². The molecule has 0 spiro atoms. The first-order valence-electron chi connectivity index (χ1n) is 3.16. The van der Waals surface area contributed by atoms with Gasteiger partial charge in [-0.3, -0.25) is 0 Å². The predicted octanol–water partition coefficient (Wildman–Crippen LogP) is 0.326. The van der Waals surface area contributed by atoms with Crippen molar-refractivity contribution < 1.29 is 19.3 Å². The Balaban J connectivity index is 0. The first-order chi connectivity index (χ1) is 5.04. The van der Waals surface area contributed by atoms with Crippen LogP contribution in [-0.2, 0) is 4.74 Å². The summed E-state index contributed by atoms with van der Waals surface area (Å²) in [7, 11) is 1.52. The minimum absolute atomic E-state index is 0.0556. The summed E-state index contributed by atoms with van der Waals surface area (Å²) >= 11 is 0.